The first kappa shape index (κ1) is 12.0. The molecule has 0 saturated heterocycles. The molecule has 0 aliphatic heterocycles. The quantitative estimate of drug-likeness (QED) is 0.778. The van der Waals surface area contributed by atoms with Gasteiger partial charge >= 0.3 is 0 Å². The normalized spacial score (nSPS) is 12.1. The van der Waals surface area contributed by atoms with E-state index in [0.29, 0.717) is 12.3 Å². The molecule has 4 heteroatoms. The third kappa shape index (κ3) is 4.79. The highest BCUT2D eigenvalue weighted by atomic mass is 35.5. The molecular weight excluding hydrogens is 212 g/mol. The fourth-order valence-corrected chi connectivity index (χ4v) is 1.53. The van der Waals surface area contributed by atoms with Crippen LogP contribution in [0.3, 0.4) is 0 Å². The molecule has 0 aliphatic carbocycles. The van der Waals surface area contributed by atoms with E-state index in [4.69, 9.17) is 11.6 Å². The van der Waals surface area contributed by atoms with Gasteiger partial charge in [-0.3, -0.25) is 9.78 Å². The molecule has 0 fully saturated rings. The number of alkyl halides is 1. The lowest BCUT2D eigenvalue weighted by Crippen LogP contribution is -2.34. The zero-order valence-electron chi connectivity index (χ0n) is 8.74. The highest BCUT2D eigenvalue weighted by molar-refractivity contribution is 6.18. The summed E-state index contributed by atoms with van der Waals surface area (Å²) in [7, 11) is 0. The molecular formula is C11H15ClN2O. The van der Waals surface area contributed by atoms with Crippen molar-refractivity contribution in [2.45, 2.75) is 25.8 Å². The van der Waals surface area contributed by atoms with Crippen LogP contribution in [0.4, 0.5) is 0 Å². The van der Waals surface area contributed by atoms with Crippen LogP contribution in [0, 0.1) is 0 Å². The van der Waals surface area contributed by atoms with Gasteiger partial charge in [0.1, 0.15) is 0 Å². The highest BCUT2D eigenvalue weighted by Gasteiger charge is 2.07. The zero-order chi connectivity index (χ0) is 11.1. The molecule has 0 bridgehead atoms. The number of nitrogens with zero attached hydrogens (tertiary/aromatic N) is 1. The van der Waals surface area contributed by atoms with Crippen molar-refractivity contribution in [3.63, 3.8) is 0 Å². The van der Waals surface area contributed by atoms with E-state index in [2.05, 4.69) is 10.3 Å². The maximum Gasteiger partial charge on any atom is 0.221 e. The first-order chi connectivity index (χ1) is 7.22. The lowest BCUT2D eigenvalue weighted by molar-refractivity contribution is -0.121. The summed E-state index contributed by atoms with van der Waals surface area (Å²) in [4.78, 5) is 15.3. The van der Waals surface area contributed by atoms with Gasteiger partial charge in [-0.2, -0.15) is 0 Å². The Morgan fingerprint density at radius 2 is 2.47 bits per heavy atom. The van der Waals surface area contributed by atoms with Crippen LogP contribution < -0.4 is 5.32 Å². The SMILES string of the molecule is CC(Cc1cccnc1)NC(=O)CCCl. The van der Waals surface area contributed by atoms with Crippen LogP contribution in [0.1, 0.15) is 18.9 Å². The number of hydrogen-bond acceptors (Lipinski definition) is 2. The Bertz CT molecular complexity index is 303. The van der Waals surface area contributed by atoms with E-state index in [9.17, 15) is 4.79 Å². The topological polar surface area (TPSA) is 42.0 Å². The minimum atomic E-state index is 0.00129. The van der Waals surface area contributed by atoms with E-state index < -0.39 is 0 Å². The predicted octanol–water partition coefficient (Wildman–Crippen LogP) is 1.76. The molecule has 0 aromatic carbocycles. The van der Waals surface area contributed by atoms with Gasteiger partial charge in [-0.1, -0.05) is 6.07 Å². The Kier molecular flexibility index (Phi) is 5.12. The Morgan fingerprint density at radius 1 is 1.67 bits per heavy atom. The number of amides is 1. The Labute approximate surface area is 94.9 Å². The van der Waals surface area contributed by atoms with Gasteiger partial charge in [0.15, 0.2) is 0 Å². The maximum absolute atomic E-state index is 11.2. The number of halogens is 1. The minimum absolute atomic E-state index is 0.00129. The molecule has 0 saturated carbocycles. The van der Waals surface area contributed by atoms with Crippen LogP contribution in [0.25, 0.3) is 0 Å². The summed E-state index contributed by atoms with van der Waals surface area (Å²) >= 11 is 5.47. The molecule has 0 spiro atoms. The van der Waals surface area contributed by atoms with Crippen LogP contribution in [-0.2, 0) is 11.2 Å². The van der Waals surface area contributed by atoms with Gasteiger partial charge in [0.2, 0.25) is 5.91 Å². The summed E-state index contributed by atoms with van der Waals surface area (Å²) in [6.07, 6.45) is 4.71. The van der Waals surface area contributed by atoms with Crippen molar-refractivity contribution in [1.82, 2.24) is 10.3 Å². The number of aromatic nitrogens is 1. The van der Waals surface area contributed by atoms with Crippen molar-refractivity contribution in [1.29, 1.82) is 0 Å². The van der Waals surface area contributed by atoms with Crippen molar-refractivity contribution in [2.24, 2.45) is 0 Å². The van der Waals surface area contributed by atoms with E-state index >= 15 is 0 Å². The van der Waals surface area contributed by atoms with Gasteiger partial charge in [0.05, 0.1) is 0 Å². The standard InChI is InChI=1S/C11H15ClN2O/c1-9(14-11(15)4-5-12)7-10-3-2-6-13-8-10/h2-3,6,8-9H,4-5,7H2,1H3,(H,14,15). The average molecular weight is 227 g/mol. The second kappa shape index (κ2) is 6.40. The third-order valence-electron chi connectivity index (χ3n) is 1.99. The van der Waals surface area contributed by atoms with E-state index in [1.165, 1.54) is 0 Å². The lowest BCUT2D eigenvalue weighted by Gasteiger charge is -2.13. The summed E-state index contributed by atoms with van der Waals surface area (Å²) in [6, 6.07) is 4.00. The van der Waals surface area contributed by atoms with Crippen molar-refractivity contribution in [2.75, 3.05) is 5.88 Å². The maximum atomic E-state index is 11.2. The Morgan fingerprint density at radius 3 is 3.07 bits per heavy atom. The largest absolute Gasteiger partial charge is 0.353 e. The monoisotopic (exact) mass is 226 g/mol. The van der Waals surface area contributed by atoms with E-state index in [-0.39, 0.29) is 11.9 Å². The van der Waals surface area contributed by atoms with E-state index in [1.807, 2.05) is 25.3 Å². The van der Waals surface area contributed by atoms with Crippen molar-refractivity contribution >= 4 is 17.5 Å². The van der Waals surface area contributed by atoms with Crippen LogP contribution >= 0.6 is 11.6 Å². The van der Waals surface area contributed by atoms with Gasteiger partial charge in [0.25, 0.3) is 0 Å². The van der Waals surface area contributed by atoms with Crippen LogP contribution in [0.5, 0.6) is 0 Å². The Hall–Kier alpha value is -1.09. The zero-order valence-corrected chi connectivity index (χ0v) is 9.50. The third-order valence-corrected chi connectivity index (χ3v) is 2.18. The smallest absolute Gasteiger partial charge is 0.221 e. The van der Waals surface area contributed by atoms with Crippen LogP contribution in [0.2, 0.25) is 0 Å². The number of pyridine rings is 1. The molecule has 0 radical (unpaired) electrons. The molecule has 1 amide bonds. The first-order valence-corrected chi connectivity index (χ1v) is 5.50. The summed E-state index contributed by atoms with van der Waals surface area (Å²) in [5.74, 6) is 0.368. The predicted molar refractivity (Wildman–Crippen MR) is 60.9 cm³/mol. The summed E-state index contributed by atoms with van der Waals surface area (Å²) in [6.45, 7) is 1.97. The molecule has 1 aromatic heterocycles. The van der Waals surface area contributed by atoms with Crippen molar-refractivity contribution < 1.29 is 4.79 Å². The van der Waals surface area contributed by atoms with E-state index in [1.54, 1.807) is 6.20 Å². The van der Waals surface area contributed by atoms with Crippen LogP contribution in [-0.4, -0.2) is 22.8 Å². The van der Waals surface area contributed by atoms with Gasteiger partial charge in [0, 0.05) is 30.7 Å². The molecule has 1 rings (SSSR count). The molecule has 1 atom stereocenters. The molecule has 1 N–H and O–H groups in total. The fourth-order valence-electron chi connectivity index (χ4n) is 1.36. The molecule has 1 aromatic rings. The highest BCUT2D eigenvalue weighted by Crippen LogP contribution is 2.01. The summed E-state index contributed by atoms with van der Waals surface area (Å²) in [5, 5.41) is 2.88. The lowest BCUT2D eigenvalue weighted by atomic mass is 10.1. The molecule has 1 heterocycles. The van der Waals surface area contributed by atoms with Crippen LogP contribution in [0.15, 0.2) is 24.5 Å². The minimum Gasteiger partial charge on any atom is -0.353 e. The first-order valence-electron chi connectivity index (χ1n) is 4.96. The van der Waals surface area contributed by atoms with Crippen molar-refractivity contribution in [3.05, 3.63) is 30.1 Å². The molecule has 1 unspecified atom stereocenters. The number of nitrogens with one attached hydrogen (secondary N) is 1. The Balaban J connectivity index is 2.36. The number of carbonyl (C=O) groups excluding carboxylic acids is 1. The molecule has 3 nitrogen and oxygen atoms in total. The number of hydrogen-bond donors (Lipinski definition) is 1. The second-order valence-electron chi connectivity index (χ2n) is 3.47. The molecule has 0 aliphatic rings. The average Bonchev–Trinajstić information content (AvgIpc) is 2.19. The number of carbonyl (C=O) groups is 1. The van der Waals surface area contributed by atoms with Gasteiger partial charge in [-0.15, -0.1) is 11.6 Å². The fraction of sp³-hybridized carbons (Fsp3) is 0.455. The number of rotatable bonds is 5. The molecule has 15 heavy (non-hydrogen) atoms. The van der Waals surface area contributed by atoms with E-state index in [0.717, 1.165) is 12.0 Å². The summed E-state index contributed by atoms with van der Waals surface area (Å²) in [5.41, 5.74) is 1.12. The van der Waals surface area contributed by atoms with Gasteiger partial charge in [-0.25, -0.2) is 0 Å². The summed E-state index contributed by atoms with van der Waals surface area (Å²) < 4.78 is 0. The van der Waals surface area contributed by atoms with Gasteiger partial charge < -0.3 is 5.32 Å². The van der Waals surface area contributed by atoms with Crippen molar-refractivity contribution in [3.8, 4) is 0 Å². The molecule has 82 valence electrons. The second-order valence-corrected chi connectivity index (χ2v) is 3.85. The van der Waals surface area contributed by atoms with Gasteiger partial charge in [-0.05, 0) is 25.0 Å².